The summed E-state index contributed by atoms with van der Waals surface area (Å²) >= 11 is 0. The van der Waals surface area contributed by atoms with E-state index in [1.54, 1.807) is 46.5 Å². The number of aliphatic carboxylic acids is 1. The van der Waals surface area contributed by atoms with Crippen molar-refractivity contribution in [3.05, 3.63) is 54.7 Å². The van der Waals surface area contributed by atoms with E-state index in [1.807, 2.05) is 17.0 Å². The Morgan fingerprint density at radius 3 is 2.79 bits per heavy atom. The maximum atomic E-state index is 13.0. The van der Waals surface area contributed by atoms with Crippen molar-refractivity contribution in [1.29, 1.82) is 0 Å². The number of piperazine rings is 1. The van der Waals surface area contributed by atoms with Gasteiger partial charge in [-0.15, -0.1) is 0 Å². The Bertz CT molecular complexity index is 1330. The second-order valence-electron chi connectivity index (χ2n) is 8.93. The van der Waals surface area contributed by atoms with Crippen LogP contribution in [0.3, 0.4) is 0 Å². The summed E-state index contributed by atoms with van der Waals surface area (Å²) in [6.07, 6.45) is 6.67. The summed E-state index contributed by atoms with van der Waals surface area (Å²) in [6, 6.07) is 6.84. The highest BCUT2D eigenvalue weighted by Crippen LogP contribution is 2.32. The maximum Gasteiger partial charge on any atom is 0.329 e. The van der Waals surface area contributed by atoms with Gasteiger partial charge in [0.05, 0.1) is 6.04 Å². The number of benzene rings is 1. The van der Waals surface area contributed by atoms with Crippen LogP contribution in [-0.2, 0) is 25.7 Å². The number of hydrogen-bond donors (Lipinski definition) is 2. The maximum absolute atomic E-state index is 13.0. The fourth-order valence-electron chi connectivity index (χ4n) is 4.41. The van der Waals surface area contributed by atoms with Gasteiger partial charge < -0.3 is 34.4 Å². The first kappa shape index (κ1) is 25.9. The van der Waals surface area contributed by atoms with Crippen molar-refractivity contribution in [3.8, 4) is 17.4 Å². The molecule has 2 amide bonds. The van der Waals surface area contributed by atoms with Crippen LogP contribution < -0.4 is 19.7 Å². The third-order valence-corrected chi connectivity index (χ3v) is 6.29. The molecule has 2 aliphatic heterocycles. The molecule has 0 saturated carbocycles. The molecule has 2 N–H and O–H groups in total. The van der Waals surface area contributed by atoms with Crippen LogP contribution in [-0.4, -0.2) is 93.0 Å². The molecule has 0 aliphatic carbocycles. The zero-order chi connectivity index (χ0) is 27.2. The highest BCUT2D eigenvalue weighted by atomic mass is 16.7. The fraction of sp³-hybridized carbons (Fsp3) is 0.360. The van der Waals surface area contributed by atoms with Crippen LogP contribution >= 0.6 is 0 Å². The number of carbonyl (C=O) groups excluding carboxylic acids is 2. The fourth-order valence-corrected chi connectivity index (χ4v) is 4.41. The number of hydrogen-bond acceptors (Lipinski definition) is 10. The van der Waals surface area contributed by atoms with Crippen LogP contribution in [0.1, 0.15) is 12.0 Å². The predicted octanol–water partition coefficient (Wildman–Crippen LogP) is 0.216. The minimum absolute atomic E-state index is 0.0920. The highest BCUT2D eigenvalue weighted by Gasteiger charge is 2.32. The molecular formula is C25H27N7O7. The van der Waals surface area contributed by atoms with Gasteiger partial charge in [0.15, 0.2) is 11.5 Å². The molecule has 14 heteroatoms. The van der Waals surface area contributed by atoms with E-state index in [0.717, 1.165) is 5.56 Å². The van der Waals surface area contributed by atoms with Gasteiger partial charge in [-0.25, -0.2) is 14.8 Å². The average Bonchev–Trinajstić information content (AvgIpc) is 3.64. The van der Waals surface area contributed by atoms with Gasteiger partial charge in [-0.05, 0) is 23.8 Å². The largest absolute Gasteiger partial charge is 0.480 e. The lowest BCUT2D eigenvalue weighted by Crippen LogP contribution is -2.57. The van der Waals surface area contributed by atoms with Crippen molar-refractivity contribution in [1.82, 2.24) is 29.7 Å². The van der Waals surface area contributed by atoms with E-state index in [1.165, 1.54) is 0 Å². The number of anilines is 1. The number of aromatic nitrogens is 4. The van der Waals surface area contributed by atoms with E-state index >= 15 is 0 Å². The monoisotopic (exact) mass is 537 g/mol. The Balaban J connectivity index is 1.28. The van der Waals surface area contributed by atoms with E-state index < -0.39 is 18.6 Å². The SMILES string of the molecule is O=C(O)COCC(=O)N1CCN(c2ccnc(-n3ccnc3)n2)C(CC(=O)NCc2ccc3c(c2)OCO3)C1. The summed E-state index contributed by atoms with van der Waals surface area (Å²) in [6.45, 7) is 0.553. The molecule has 0 spiro atoms. The number of nitrogens with zero attached hydrogens (tertiary/aromatic N) is 6. The lowest BCUT2D eigenvalue weighted by molar-refractivity contribution is -0.146. The van der Waals surface area contributed by atoms with Crippen LogP contribution in [0.5, 0.6) is 11.5 Å². The second-order valence-corrected chi connectivity index (χ2v) is 8.93. The molecular weight excluding hydrogens is 510 g/mol. The number of rotatable bonds is 10. The number of fused-ring (bicyclic) bond motifs is 1. The average molecular weight is 538 g/mol. The molecule has 1 unspecified atom stereocenters. The molecule has 1 fully saturated rings. The summed E-state index contributed by atoms with van der Waals surface area (Å²) in [5.74, 6) is 0.637. The van der Waals surface area contributed by atoms with Crippen molar-refractivity contribution >= 4 is 23.6 Å². The summed E-state index contributed by atoms with van der Waals surface area (Å²) in [4.78, 5) is 53.0. The van der Waals surface area contributed by atoms with E-state index in [-0.39, 0.29) is 38.2 Å². The topological polar surface area (TPSA) is 161 Å². The lowest BCUT2D eigenvalue weighted by Gasteiger charge is -2.42. The third-order valence-electron chi connectivity index (χ3n) is 6.29. The minimum atomic E-state index is -1.15. The van der Waals surface area contributed by atoms with Gasteiger partial charge in [-0.2, -0.15) is 4.98 Å². The van der Waals surface area contributed by atoms with Gasteiger partial charge in [0.25, 0.3) is 0 Å². The molecule has 1 atom stereocenters. The Morgan fingerprint density at radius 2 is 1.97 bits per heavy atom. The molecule has 4 heterocycles. The molecule has 5 rings (SSSR count). The Labute approximate surface area is 223 Å². The Morgan fingerprint density at radius 1 is 1.10 bits per heavy atom. The first-order valence-corrected chi connectivity index (χ1v) is 12.3. The molecule has 14 nitrogen and oxygen atoms in total. The van der Waals surface area contributed by atoms with Crippen LogP contribution in [0, 0.1) is 0 Å². The normalized spacial score (nSPS) is 16.3. The van der Waals surface area contributed by atoms with E-state index in [2.05, 4.69) is 20.3 Å². The second kappa shape index (κ2) is 11.8. The van der Waals surface area contributed by atoms with Crippen LogP contribution in [0.15, 0.2) is 49.2 Å². The molecule has 3 aromatic rings. The first-order valence-electron chi connectivity index (χ1n) is 12.3. The van der Waals surface area contributed by atoms with Crippen molar-refractivity contribution in [2.45, 2.75) is 19.0 Å². The Hall–Kier alpha value is -4.72. The van der Waals surface area contributed by atoms with Gasteiger partial charge >= 0.3 is 5.97 Å². The highest BCUT2D eigenvalue weighted by molar-refractivity contribution is 5.80. The van der Waals surface area contributed by atoms with Crippen LogP contribution in [0.4, 0.5) is 5.82 Å². The summed E-state index contributed by atoms with van der Waals surface area (Å²) in [7, 11) is 0. The molecule has 204 valence electrons. The number of nitrogens with one attached hydrogen (secondary N) is 1. The molecule has 39 heavy (non-hydrogen) atoms. The number of amides is 2. The standard InChI is InChI=1S/C25H27N7O7/c33-22(28-11-17-1-2-19-20(9-17)39-16-38-19)10-18-12-30(23(34)13-37-14-24(35)36)7-8-32(18)21-3-4-27-25(29-21)31-6-5-26-15-31/h1-6,9,15,18H,7-8,10-14,16H2,(H,28,33)(H,35,36). The molecule has 0 radical (unpaired) electrons. The minimum Gasteiger partial charge on any atom is -0.480 e. The van der Waals surface area contributed by atoms with E-state index in [4.69, 9.17) is 19.3 Å². The Kier molecular flexibility index (Phi) is 7.82. The summed E-state index contributed by atoms with van der Waals surface area (Å²) in [5.41, 5.74) is 0.862. The van der Waals surface area contributed by atoms with E-state index in [9.17, 15) is 14.4 Å². The van der Waals surface area contributed by atoms with Gasteiger partial charge in [-0.1, -0.05) is 6.07 Å². The quantitative estimate of drug-likeness (QED) is 0.364. The number of carbonyl (C=O) groups is 3. The number of ether oxygens (including phenoxy) is 3. The number of carboxylic acids is 1. The summed E-state index contributed by atoms with van der Waals surface area (Å²) < 4.78 is 17.4. The smallest absolute Gasteiger partial charge is 0.329 e. The van der Waals surface area contributed by atoms with Crippen molar-refractivity contribution < 1.29 is 33.7 Å². The summed E-state index contributed by atoms with van der Waals surface area (Å²) in [5, 5.41) is 11.7. The lowest BCUT2D eigenvalue weighted by atomic mass is 10.1. The molecule has 2 aliphatic rings. The number of imidazole rings is 1. The van der Waals surface area contributed by atoms with Crippen molar-refractivity contribution in [2.24, 2.45) is 0 Å². The molecule has 2 aromatic heterocycles. The van der Waals surface area contributed by atoms with Gasteiger partial charge in [0.2, 0.25) is 24.6 Å². The van der Waals surface area contributed by atoms with Crippen molar-refractivity contribution in [3.63, 3.8) is 0 Å². The van der Waals surface area contributed by atoms with Crippen molar-refractivity contribution in [2.75, 3.05) is 44.5 Å². The molecule has 0 bridgehead atoms. The van der Waals surface area contributed by atoms with Crippen LogP contribution in [0.25, 0.3) is 5.95 Å². The number of carboxylic acid groups (broad SMARTS) is 1. The van der Waals surface area contributed by atoms with Gasteiger partial charge in [0, 0.05) is 51.2 Å². The first-order chi connectivity index (χ1) is 19.0. The van der Waals surface area contributed by atoms with Gasteiger partial charge in [0.1, 0.15) is 25.4 Å². The van der Waals surface area contributed by atoms with Gasteiger partial charge in [-0.3, -0.25) is 14.2 Å². The molecule has 1 aromatic carbocycles. The third kappa shape index (κ3) is 6.41. The van der Waals surface area contributed by atoms with E-state index in [0.29, 0.717) is 42.9 Å². The zero-order valence-electron chi connectivity index (χ0n) is 20.9. The zero-order valence-corrected chi connectivity index (χ0v) is 20.9. The predicted molar refractivity (Wildman–Crippen MR) is 134 cm³/mol. The van der Waals surface area contributed by atoms with Crippen LogP contribution in [0.2, 0.25) is 0 Å². The molecule has 1 saturated heterocycles.